The van der Waals surface area contributed by atoms with Crippen LogP contribution in [0, 0.1) is 0 Å². The van der Waals surface area contributed by atoms with Gasteiger partial charge in [0.15, 0.2) is 13.5 Å². The number of piperazine rings is 2. The lowest BCUT2D eigenvalue weighted by Gasteiger charge is -2.43. The van der Waals surface area contributed by atoms with Crippen molar-refractivity contribution in [1.29, 1.82) is 0 Å². The quantitative estimate of drug-likeness (QED) is 0.256. The molecule has 2 aliphatic heterocycles. The summed E-state index contributed by atoms with van der Waals surface area (Å²) in [5.41, 5.74) is 4.26. The number of primary amides is 1. The number of ether oxygens (including phenoxy) is 3. The Balaban J connectivity index is 0.000000565. The molecule has 2 N–H and O–H groups in total. The number of nitrogens with zero attached hydrogens (tertiary/aromatic N) is 4. The van der Waals surface area contributed by atoms with E-state index in [1.54, 1.807) is 44.4 Å². The molecule has 2 unspecified atom stereocenters. The fourth-order valence-electron chi connectivity index (χ4n) is 3.90. The second-order valence-electron chi connectivity index (χ2n) is 10.9. The molecule has 0 bridgehead atoms. The van der Waals surface area contributed by atoms with E-state index in [0.717, 1.165) is 9.80 Å². The highest BCUT2D eigenvalue weighted by Gasteiger charge is 2.39. The Morgan fingerprint density at radius 1 is 0.682 bits per heavy atom. The summed E-state index contributed by atoms with van der Waals surface area (Å²) < 4.78 is 14.0. The zero-order chi connectivity index (χ0) is 33.6. The molecule has 2 heterocycles. The molecule has 0 spiro atoms. The Kier molecular flexibility index (Phi) is 15.1. The van der Waals surface area contributed by atoms with Gasteiger partial charge in [-0.1, -0.05) is 36.4 Å². The average Bonchev–Trinajstić information content (AvgIpc) is 2.91. The highest BCUT2D eigenvalue weighted by molar-refractivity contribution is 6.00. The first-order valence-corrected chi connectivity index (χ1v) is 13.8. The Labute approximate surface area is 257 Å². The number of hydrogen-bond acceptors (Lipinski definition) is 12. The maximum atomic E-state index is 12.3. The van der Waals surface area contributed by atoms with Crippen LogP contribution in [0.15, 0.2) is 36.4 Å². The average molecular weight is 622 g/mol. The standard InChI is InChI=1S/C18H26N4O8.C6H6.C5H11NO2/c1-11(19-5-15(25)21(16(26)6-19)9-29-13(3)23)12(2)20-7-17(27)22(18(28)8-20)10-30-14(4)24;1-2-4-6-5-3-1;1-5(2,3)8-4(6)7/h11-12H,5-10H2,1-4H3;1-6H;1-3H3,(H2,6,7). The molecule has 1 aromatic carbocycles. The van der Waals surface area contributed by atoms with Crippen LogP contribution in [0.25, 0.3) is 0 Å². The summed E-state index contributed by atoms with van der Waals surface area (Å²) in [6, 6.07) is 11.4. The SMILES string of the molecule is CC(=O)OCN1C(=O)CN(C(C)C(C)N2CC(=O)N(COC(C)=O)C(=O)C2)CC1=O.CC(C)(C)OC(N)=O.c1ccccc1. The summed E-state index contributed by atoms with van der Waals surface area (Å²) in [5.74, 6) is -3.17. The van der Waals surface area contributed by atoms with E-state index in [0.29, 0.717) is 0 Å². The van der Waals surface area contributed by atoms with Crippen LogP contribution in [0.3, 0.4) is 0 Å². The van der Waals surface area contributed by atoms with Crippen molar-refractivity contribution in [1.82, 2.24) is 19.6 Å². The van der Waals surface area contributed by atoms with Crippen LogP contribution < -0.4 is 5.73 Å². The zero-order valence-electron chi connectivity index (χ0n) is 26.3. The van der Waals surface area contributed by atoms with E-state index in [2.05, 4.69) is 4.74 Å². The van der Waals surface area contributed by atoms with Gasteiger partial charge in [-0.05, 0) is 34.6 Å². The van der Waals surface area contributed by atoms with Crippen LogP contribution in [0.2, 0.25) is 0 Å². The van der Waals surface area contributed by atoms with Gasteiger partial charge in [0.05, 0.1) is 26.2 Å². The number of carbonyl (C=O) groups is 7. The van der Waals surface area contributed by atoms with E-state index in [-0.39, 0.29) is 38.3 Å². The monoisotopic (exact) mass is 621 g/mol. The second-order valence-corrected chi connectivity index (χ2v) is 10.9. The molecule has 0 radical (unpaired) electrons. The minimum Gasteiger partial charge on any atom is -0.444 e. The number of imide groups is 2. The number of rotatable bonds is 7. The minimum atomic E-state index is -0.725. The number of esters is 2. The molecule has 15 nitrogen and oxygen atoms in total. The summed E-state index contributed by atoms with van der Waals surface area (Å²) in [4.78, 5) is 86.2. The van der Waals surface area contributed by atoms with Crippen molar-refractivity contribution >= 4 is 41.7 Å². The van der Waals surface area contributed by atoms with Crippen molar-refractivity contribution in [2.75, 3.05) is 39.6 Å². The van der Waals surface area contributed by atoms with Gasteiger partial charge in [0.2, 0.25) is 23.6 Å². The molecule has 15 heteroatoms. The predicted molar refractivity (Wildman–Crippen MR) is 156 cm³/mol. The number of hydrogen-bond donors (Lipinski definition) is 1. The van der Waals surface area contributed by atoms with Gasteiger partial charge >= 0.3 is 18.0 Å². The summed E-state index contributed by atoms with van der Waals surface area (Å²) >= 11 is 0. The molecule has 0 aliphatic carbocycles. The first-order valence-electron chi connectivity index (χ1n) is 13.8. The van der Waals surface area contributed by atoms with Gasteiger partial charge in [-0.3, -0.25) is 38.6 Å². The molecule has 0 aromatic heterocycles. The van der Waals surface area contributed by atoms with Gasteiger partial charge in [-0.2, -0.15) is 0 Å². The maximum Gasteiger partial charge on any atom is 0.405 e. The third kappa shape index (κ3) is 13.7. The lowest BCUT2D eigenvalue weighted by Crippen LogP contribution is -2.63. The van der Waals surface area contributed by atoms with Crippen molar-refractivity contribution in [3.05, 3.63) is 36.4 Å². The van der Waals surface area contributed by atoms with E-state index >= 15 is 0 Å². The lowest BCUT2D eigenvalue weighted by atomic mass is 10.1. The van der Waals surface area contributed by atoms with Crippen LogP contribution in [0.1, 0.15) is 48.5 Å². The number of nitrogens with two attached hydrogens (primary N) is 1. The number of carbonyl (C=O) groups excluding carboxylic acids is 7. The number of amides is 5. The molecule has 2 atom stereocenters. The zero-order valence-corrected chi connectivity index (χ0v) is 26.3. The van der Waals surface area contributed by atoms with Crippen molar-refractivity contribution in [3.63, 3.8) is 0 Å². The van der Waals surface area contributed by atoms with Gasteiger partial charge in [0.1, 0.15) is 5.60 Å². The third-order valence-electron chi connectivity index (χ3n) is 6.27. The molecule has 0 saturated carbocycles. The molecule has 5 amide bonds. The molecule has 2 aliphatic rings. The molecular weight excluding hydrogens is 578 g/mol. The minimum absolute atomic E-state index is 0.0627. The molecule has 2 saturated heterocycles. The Morgan fingerprint density at radius 2 is 0.955 bits per heavy atom. The summed E-state index contributed by atoms with van der Waals surface area (Å²) in [6.07, 6.45) is -0.725. The van der Waals surface area contributed by atoms with Crippen LogP contribution in [0.4, 0.5) is 4.79 Å². The lowest BCUT2D eigenvalue weighted by molar-refractivity contribution is -0.168. The fourth-order valence-corrected chi connectivity index (χ4v) is 3.90. The second kappa shape index (κ2) is 17.7. The van der Waals surface area contributed by atoms with Gasteiger partial charge in [0.25, 0.3) is 0 Å². The Hall–Kier alpha value is -4.37. The smallest absolute Gasteiger partial charge is 0.405 e. The highest BCUT2D eigenvalue weighted by Crippen LogP contribution is 2.18. The Bertz CT molecular complexity index is 1050. The molecule has 44 heavy (non-hydrogen) atoms. The van der Waals surface area contributed by atoms with E-state index in [4.69, 9.17) is 15.2 Å². The summed E-state index contributed by atoms with van der Waals surface area (Å²) in [5, 5.41) is 0. The Morgan fingerprint density at radius 3 is 1.14 bits per heavy atom. The van der Waals surface area contributed by atoms with Gasteiger partial charge in [0, 0.05) is 25.9 Å². The van der Waals surface area contributed by atoms with Crippen molar-refractivity contribution < 1.29 is 47.8 Å². The van der Waals surface area contributed by atoms with Gasteiger partial charge < -0.3 is 19.9 Å². The predicted octanol–water partition coefficient (Wildman–Crippen LogP) is 0.713. The molecule has 3 rings (SSSR count). The molecular formula is C29H43N5O10. The topological polar surface area (TPSA) is 186 Å². The van der Waals surface area contributed by atoms with Crippen LogP contribution in [-0.4, -0.2) is 119 Å². The van der Waals surface area contributed by atoms with Crippen LogP contribution in [0.5, 0.6) is 0 Å². The normalized spacial score (nSPS) is 17.3. The first-order chi connectivity index (χ1) is 20.4. The molecule has 1 aromatic rings. The van der Waals surface area contributed by atoms with E-state index in [1.165, 1.54) is 13.8 Å². The van der Waals surface area contributed by atoms with Gasteiger partial charge in [-0.15, -0.1) is 0 Å². The third-order valence-corrected chi connectivity index (χ3v) is 6.27. The summed E-state index contributed by atoms with van der Waals surface area (Å²) in [6.45, 7) is 10.2. The molecule has 2 fully saturated rings. The number of benzene rings is 1. The maximum absolute atomic E-state index is 12.3. The first kappa shape index (κ1) is 37.7. The summed E-state index contributed by atoms with van der Waals surface area (Å²) in [7, 11) is 0. The van der Waals surface area contributed by atoms with Gasteiger partial charge in [-0.25, -0.2) is 14.6 Å². The largest absolute Gasteiger partial charge is 0.444 e. The van der Waals surface area contributed by atoms with E-state index < -0.39 is 60.7 Å². The van der Waals surface area contributed by atoms with Crippen molar-refractivity contribution in [3.8, 4) is 0 Å². The molecule has 244 valence electrons. The van der Waals surface area contributed by atoms with E-state index in [1.807, 2.05) is 36.4 Å². The van der Waals surface area contributed by atoms with Crippen LogP contribution in [-0.2, 0) is 43.0 Å². The van der Waals surface area contributed by atoms with Crippen LogP contribution >= 0.6 is 0 Å². The highest BCUT2D eigenvalue weighted by atomic mass is 16.6. The van der Waals surface area contributed by atoms with Crippen molar-refractivity contribution in [2.45, 2.75) is 66.2 Å². The van der Waals surface area contributed by atoms with Crippen molar-refractivity contribution in [2.24, 2.45) is 5.73 Å². The fraction of sp³-hybridized carbons (Fsp3) is 0.552. The van der Waals surface area contributed by atoms with E-state index in [9.17, 15) is 33.6 Å².